The molecular weight excluding hydrogens is 359 g/mol. The number of thiazole rings is 1. The van der Waals surface area contributed by atoms with Crippen molar-refractivity contribution in [3.63, 3.8) is 0 Å². The molecule has 0 aliphatic carbocycles. The van der Waals surface area contributed by atoms with E-state index in [-0.39, 0.29) is 15.8 Å². The molecule has 1 heterocycles. The minimum atomic E-state index is -0.547. The third-order valence-corrected chi connectivity index (χ3v) is 4.12. The number of carbonyl (C=O) groups excluding carboxylic acids is 1. The lowest BCUT2D eigenvalue weighted by Crippen LogP contribution is -1.98. The molecule has 0 aliphatic heterocycles. The van der Waals surface area contributed by atoms with Crippen LogP contribution in [0.5, 0.6) is 0 Å². The maximum Gasteiger partial charge on any atom is 0.351 e. The molecule has 100 valence electrons. The van der Waals surface area contributed by atoms with Crippen LogP contribution in [0.4, 0.5) is 15.2 Å². The summed E-state index contributed by atoms with van der Waals surface area (Å²) in [6, 6.07) is 4.18. The first-order valence-electron chi connectivity index (χ1n) is 4.98. The minimum Gasteiger partial charge on any atom is -0.465 e. The van der Waals surface area contributed by atoms with Gasteiger partial charge >= 0.3 is 5.97 Å². The molecule has 1 aromatic heterocycles. The normalized spacial score (nSPS) is 10.3. The first-order valence-corrected chi connectivity index (χ1v) is 6.96. The van der Waals surface area contributed by atoms with Gasteiger partial charge < -0.3 is 10.1 Å². The van der Waals surface area contributed by atoms with E-state index in [9.17, 15) is 9.18 Å². The van der Waals surface area contributed by atoms with Crippen LogP contribution in [0.3, 0.4) is 0 Å². The first-order chi connectivity index (χ1) is 9.01. The second-order valence-corrected chi connectivity index (χ2v) is 5.59. The van der Waals surface area contributed by atoms with Crippen LogP contribution in [0.2, 0.25) is 5.15 Å². The summed E-state index contributed by atoms with van der Waals surface area (Å²) in [5.74, 6) is -0.904. The topological polar surface area (TPSA) is 51.2 Å². The minimum absolute atomic E-state index is 0.0672. The zero-order chi connectivity index (χ0) is 14.0. The molecule has 0 spiro atoms. The zero-order valence-corrected chi connectivity index (χ0v) is 12.7. The van der Waals surface area contributed by atoms with Gasteiger partial charge in [-0.2, -0.15) is 0 Å². The first kappa shape index (κ1) is 14.2. The Bertz CT molecular complexity index is 635. The second kappa shape index (κ2) is 5.85. The highest BCUT2D eigenvalue weighted by Crippen LogP contribution is 2.32. The van der Waals surface area contributed by atoms with Gasteiger partial charge in [0.05, 0.1) is 12.8 Å². The standard InChI is InChI=1S/C11H7BrClFN2O2S/c1-18-10(17)8-9(13)16-11(19-8)15-7-3-2-5(14)4-6(7)12/h2-4H,1H3,(H,15,16). The highest BCUT2D eigenvalue weighted by Gasteiger charge is 2.17. The zero-order valence-electron chi connectivity index (χ0n) is 9.54. The fourth-order valence-electron chi connectivity index (χ4n) is 1.28. The van der Waals surface area contributed by atoms with Crippen molar-refractivity contribution < 1.29 is 13.9 Å². The van der Waals surface area contributed by atoms with Crippen molar-refractivity contribution in [1.29, 1.82) is 0 Å². The Morgan fingerprint density at radius 1 is 1.58 bits per heavy atom. The summed E-state index contributed by atoms with van der Waals surface area (Å²) < 4.78 is 18.1. The summed E-state index contributed by atoms with van der Waals surface area (Å²) in [6.07, 6.45) is 0. The van der Waals surface area contributed by atoms with E-state index in [1.807, 2.05) is 0 Å². The number of aromatic nitrogens is 1. The molecule has 0 aliphatic rings. The Kier molecular flexibility index (Phi) is 4.38. The summed E-state index contributed by atoms with van der Waals surface area (Å²) in [6.45, 7) is 0. The number of ether oxygens (including phenoxy) is 1. The van der Waals surface area contributed by atoms with Crippen molar-refractivity contribution >= 4 is 55.7 Å². The molecule has 0 saturated heterocycles. The number of esters is 1. The molecule has 0 bridgehead atoms. The predicted molar refractivity (Wildman–Crippen MR) is 75.8 cm³/mol. The van der Waals surface area contributed by atoms with Crippen molar-refractivity contribution in [2.24, 2.45) is 0 Å². The largest absolute Gasteiger partial charge is 0.465 e. The molecule has 19 heavy (non-hydrogen) atoms. The number of methoxy groups -OCH3 is 1. The molecule has 1 N–H and O–H groups in total. The average molecular weight is 366 g/mol. The van der Waals surface area contributed by atoms with Crippen LogP contribution in [0, 0.1) is 5.82 Å². The number of hydrogen-bond donors (Lipinski definition) is 1. The summed E-state index contributed by atoms with van der Waals surface area (Å²) in [5, 5.41) is 3.42. The number of nitrogens with zero attached hydrogens (tertiary/aromatic N) is 1. The van der Waals surface area contributed by atoms with E-state index in [2.05, 4.69) is 31.0 Å². The lowest BCUT2D eigenvalue weighted by atomic mass is 10.3. The van der Waals surface area contributed by atoms with E-state index in [4.69, 9.17) is 11.6 Å². The molecular formula is C11H7BrClFN2O2S. The van der Waals surface area contributed by atoms with Crippen LogP contribution in [-0.2, 0) is 4.74 Å². The van der Waals surface area contributed by atoms with Crippen molar-refractivity contribution in [2.75, 3.05) is 12.4 Å². The summed E-state index contributed by atoms with van der Waals surface area (Å²) in [5.41, 5.74) is 0.614. The summed E-state index contributed by atoms with van der Waals surface area (Å²) in [4.78, 5) is 15.6. The lowest BCUT2D eigenvalue weighted by molar-refractivity contribution is 0.0606. The van der Waals surface area contributed by atoms with Crippen LogP contribution in [0.15, 0.2) is 22.7 Å². The number of anilines is 2. The highest BCUT2D eigenvalue weighted by atomic mass is 79.9. The van der Waals surface area contributed by atoms with Gasteiger partial charge in [-0.15, -0.1) is 0 Å². The van der Waals surface area contributed by atoms with E-state index in [0.717, 1.165) is 11.3 Å². The molecule has 4 nitrogen and oxygen atoms in total. The molecule has 8 heteroatoms. The van der Waals surface area contributed by atoms with Gasteiger partial charge in [-0.25, -0.2) is 14.2 Å². The van der Waals surface area contributed by atoms with Crippen molar-refractivity contribution in [3.8, 4) is 0 Å². The maximum absolute atomic E-state index is 13.0. The van der Waals surface area contributed by atoms with E-state index in [1.54, 1.807) is 6.07 Å². The number of nitrogens with one attached hydrogen (secondary N) is 1. The number of hydrogen-bond acceptors (Lipinski definition) is 5. The Morgan fingerprint density at radius 2 is 2.32 bits per heavy atom. The van der Waals surface area contributed by atoms with Crippen molar-refractivity contribution in [3.05, 3.63) is 38.5 Å². The fraction of sp³-hybridized carbons (Fsp3) is 0.0909. The Labute approximate surface area is 125 Å². The molecule has 0 radical (unpaired) electrons. The quantitative estimate of drug-likeness (QED) is 0.827. The van der Waals surface area contributed by atoms with E-state index in [0.29, 0.717) is 15.3 Å². The van der Waals surface area contributed by atoms with E-state index >= 15 is 0 Å². The van der Waals surface area contributed by atoms with Crippen LogP contribution in [0.1, 0.15) is 9.67 Å². The predicted octanol–water partition coefficient (Wildman–Crippen LogP) is 4.23. The number of carbonyl (C=O) groups is 1. The molecule has 2 aromatic rings. The molecule has 0 unspecified atom stereocenters. The van der Waals surface area contributed by atoms with Crippen LogP contribution in [0.25, 0.3) is 0 Å². The summed E-state index contributed by atoms with van der Waals surface area (Å²) >= 11 is 10.1. The molecule has 1 aromatic carbocycles. The molecule has 0 fully saturated rings. The monoisotopic (exact) mass is 364 g/mol. The third kappa shape index (κ3) is 3.23. The fourth-order valence-corrected chi connectivity index (χ4v) is 2.84. The molecule has 0 saturated carbocycles. The third-order valence-electron chi connectivity index (χ3n) is 2.13. The second-order valence-electron chi connectivity index (χ2n) is 3.38. The molecule has 0 amide bonds. The lowest BCUT2D eigenvalue weighted by Gasteiger charge is -2.04. The van der Waals surface area contributed by atoms with Gasteiger partial charge in [0.15, 0.2) is 15.2 Å². The number of benzene rings is 1. The molecule has 2 rings (SSSR count). The van der Waals surface area contributed by atoms with Gasteiger partial charge in [-0.05, 0) is 34.1 Å². The Morgan fingerprint density at radius 3 is 2.95 bits per heavy atom. The molecule has 0 atom stereocenters. The Balaban J connectivity index is 2.26. The van der Waals surface area contributed by atoms with Gasteiger partial charge in [-0.3, -0.25) is 0 Å². The van der Waals surface area contributed by atoms with E-state index in [1.165, 1.54) is 19.2 Å². The van der Waals surface area contributed by atoms with E-state index < -0.39 is 5.97 Å². The van der Waals surface area contributed by atoms with Gasteiger partial charge in [-0.1, -0.05) is 22.9 Å². The number of halogens is 3. The summed E-state index contributed by atoms with van der Waals surface area (Å²) in [7, 11) is 1.27. The van der Waals surface area contributed by atoms with Gasteiger partial charge in [0, 0.05) is 4.47 Å². The van der Waals surface area contributed by atoms with Crippen molar-refractivity contribution in [1.82, 2.24) is 4.98 Å². The van der Waals surface area contributed by atoms with Gasteiger partial charge in [0.1, 0.15) is 5.82 Å². The van der Waals surface area contributed by atoms with Crippen LogP contribution < -0.4 is 5.32 Å². The van der Waals surface area contributed by atoms with Gasteiger partial charge in [0.25, 0.3) is 0 Å². The highest BCUT2D eigenvalue weighted by molar-refractivity contribution is 9.10. The van der Waals surface area contributed by atoms with Gasteiger partial charge in [0.2, 0.25) is 0 Å². The van der Waals surface area contributed by atoms with Crippen molar-refractivity contribution in [2.45, 2.75) is 0 Å². The van der Waals surface area contributed by atoms with Crippen LogP contribution in [-0.4, -0.2) is 18.1 Å². The maximum atomic E-state index is 13.0. The smallest absolute Gasteiger partial charge is 0.351 e. The number of rotatable bonds is 3. The van der Waals surface area contributed by atoms with Crippen LogP contribution >= 0.6 is 38.9 Å². The average Bonchev–Trinajstić information content (AvgIpc) is 2.73. The SMILES string of the molecule is COC(=O)c1sc(Nc2ccc(F)cc2Br)nc1Cl. The Hall–Kier alpha value is -1.18.